The summed E-state index contributed by atoms with van der Waals surface area (Å²) < 4.78 is 9.69. The number of hydrogen-bond acceptors (Lipinski definition) is 5. The van der Waals surface area contributed by atoms with E-state index in [0.717, 1.165) is 11.3 Å². The van der Waals surface area contributed by atoms with E-state index >= 15 is 0 Å². The normalized spacial score (nSPS) is 10.4. The predicted octanol–water partition coefficient (Wildman–Crippen LogP) is 3.69. The van der Waals surface area contributed by atoms with Crippen LogP contribution in [0.15, 0.2) is 58.8 Å². The number of nitrogens with zero attached hydrogens (tertiary/aromatic N) is 2. The van der Waals surface area contributed by atoms with Crippen molar-refractivity contribution in [2.45, 2.75) is 6.61 Å². The monoisotopic (exact) mass is 269 g/mol. The lowest BCUT2D eigenvalue weighted by Crippen LogP contribution is -1.89. The Balaban J connectivity index is 2.15. The molecule has 101 valence electrons. The van der Waals surface area contributed by atoms with E-state index in [-0.39, 0.29) is 6.61 Å². The molecular formula is C15H13N2O3. The van der Waals surface area contributed by atoms with Gasteiger partial charge >= 0.3 is 6.47 Å². The molecule has 0 unspecified atom stereocenters. The second-order valence-electron chi connectivity index (χ2n) is 3.90. The van der Waals surface area contributed by atoms with Crippen molar-refractivity contribution in [2.24, 2.45) is 10.2 Å². The molecule has 2 rings (SSSR count). The largest absolute Gasteiger partial charge is 0.497 e. The minimum atomic E-state index is 0.126. The molecule has 0 amide bonds. The van der Waals surface area contributed by atoms with Gasteiger partial charge in [0.1, 0.15) is 12.4 Å². The fourth-order valence-electron chi connectivity index (χ4n) is 1.60. The lowest BCUT2D eigenvalue weighted by atomic mass is 10.2. The van der Waals surface area contributed by atoms with E-state index in [1.165, 1.54) is 6.47 Å². The van der Waals surface area contributed by atoms with E-state index < -0.39 is 0 Å². The Hall–Kier alpha value is -2.69. The van der Waals surface area contributed by atoms with Gasteiger partial charge in [-0.1, -0.05) is 18.2 Å². The summed E-state index contributed by atoms with van der Waals surface area (Å²) in [4.78, 5) is 10.1. The standard InChI is InChI=1S/C15H13N2O3/c1-19-14-8-6-13(7-9-14)16-17-15-5-3-2-4-12(15)10-20-11-18/h2-9H,10H2,1H3/b17-16+. The van der Waals surface area contributed by atoms with Crippen molar-refractivity contribution >= 4 is 17.8 Å². The molecular weight excluding hydrogens is 256 g/mol. The van der Waals surface area contributed by atoms with Crippen LogP contribution in [0, 0.1) is 0 Å². The Morgan fingerprint density at radius 1 is 1.05 bits per heavy atom. The number of ether oxygens (including phenoxy) is 2. The Morgan fingerprint density at radius 3 is 2.50 bits per heavy atom. The van der Waals surface area contributed by atoms with Crippen LogP contribution >= 0.6 is 0 Å². The number of hydrogen-bond donors (Lipinski definition) is 0. The Morgan fingerprint density at radius 2 is 1.80 bits per heavy atom. The van der Waals surface area contributed by atoms with Crippen LogP contribution in [0.25, 0.3) is 0 Å². The molecule has 0 heterocycles. The average Bonchev–Trinajstić information content (AvgIpc) is 2.52. The van der Waals surface area contributed by atoms with Gasteiger partial charge < -0.3 is 9.47 Å². The molecule has 2 aromatic rings. The van der Waals surface area contributed by atoms with Gasteiger partial charge in [0.2, 0.25) is 0 Å². The molecule has 0 fully saturated rings. The number of rotatable bonds is 6. The molecule has 5 heteroatoms. The average molecular weight is 269 g/mol. The molecule has 2 aromatic carbocycles. The molecule has 0 aliphatic heterocycles. The first-order valence-corrected chi connectivity index (χ1v) is 5.96. The van der Waals surface area contributed by atoms with E-state index in [4.69, 9.17) is 4.74 Å². The minimum absolute atomic E-state index is 0.126. The fourth-order valence-corrected chi connectivity index (χ4v) is 1.60. The molecule has 0 aromatic heterocycles. The highest BCUT2D eigenvalue weighted by atomic mass is 16.5. The summed E-state index contributed by atoms with van der Waals surface area (Å²) in [5.74, 6) is 0.763. The summed E-state index contributed by atoms with van der Waals surface area (Å²) in [5, 5.41) is 8.30. The van der Waals surface area contributed by atoms with Crippen LogP contribution in [0.3, 0.4) is 0 Å². The van der Waals surface area contributed by atoms with E-state index in [0.29, 0.717) is 11.4 Å². The highest BCUT2D eigenvalue weighted by Crippen LogP contribution is 2.24. The Labute approximate surface area is 116 Å². The molecule has 0 aliphatic carbocycles. The molecule has 0 bridgehead atoms. The summed E-state index contributed by atoms with van der Waals surface area (Å²) in [6.07, 6.45) is 0. The lowest BCUT2D eigenvalue weighted by Gasteiger charge is -2.02. The van der Waals surface area contributed by atoms with Crippen molar-refractivity contribution in [2.75, 3.05) is 7.11 Å². The maximum absolute atomic E-state index is 10.1. The third-order valence-electron chi connectivity index (χ3n) is 2.62. The van der Waals surface area contributed by atoms with Crippen LogP contribution in [-0.4, -0.2) is 13.6 Å². The SMILES string of the molecule is COc1ccc(/N=N/c2ccccc2CO[C]=O)cc1. The highest BCUT2D eigenvalue weighted by Gasteiger charge is 2.01. The number of benzene rings is 2. The van der Waals surface area contributed by atoms with Crippen molar-refractivity contribution in [3.8, 4) is 5.75 Å². The Kier molecular flexibility index (Phi) is 4.83. The maximum atomic E-state index is 10.1. The minimum Gasteiger partial charge on any atom is -0.497 e. The molecule has 0 saturated heterocycles. The second kappa shape index (κ2) is 7.04. The summed E-state index contributed by atoms with van der Waals surface area (Å²) in [7, 11) is 1.61. The smallest absolute Gasteiger partial charge is 0.417 e. The van der Waals surface area contributed by atoms with Gasteiger partial charge in [-0.3, -0.25) is 0 Å². The number of azo groups is 1. The first kappa shape index (κ1) is 13.7. The number of carbonyl (C=O) groups excluding carboxylic acids is 1. The summed E-state index contributed by atoms with van der Waals surface area (Å²) in [5.41, 5.74) is 2.13. The van der Waals surface area contributed by atoms with Crippen LogP contribution in [0.4, 0.5) is 11.4 Å². The lowest BCUT2D eigenvalue weighted by molar-refractivity contribution is 0.267. The second-order valence-corrected chi connectivity index (χ2v) is 3.90. The predicted molar refractivity (Wildman–Crippen MR) is 74.1 cm³/mol. The molecule has 5 nitrogen and oxygen atoms in total. The first-order valence-electron chi connectivity index (χ1n) is 5.96. The van der Waals surface area contributed by atoms with Gasteiger partial charge in [-0.15, -0.1) is 0 Å². The van der Waals surface area contributed by atoms with Gasteiger partial charge in [0.15, 0.2) is 0 Å². The zero-order valence-electron chi connectivity index (χ0n) is 10.9. The van der Waals surface area contributed by atoms with Crippen molar-refractivity contribution in [3.63, 3.8) is 0 Å². The van der Waals surface area contributed by atoms with Gasteiger partial charge in [-0.25, -0.2) is 4.79 Å². The van der Waals surface area contributed by atoms with Gasteiger partial charge in [-0.2, -0.15) is 10.2 Å². The van der Waals surface area contributed by atoms with Crippen LogP contribution in [0.2, 0.25) is 0 Å². The molecule has 0 N–H and O–H groups in total. The third kappa shape index (κ3) is 3.65. The number of methoxy groups -OCH3 is 1. The third-order valence-corrected chi connectivity index (χ3v) is 2.62. The van der Waals surface area contributed by atoms with Crippen molar-refractivity contribution < 1.29 is 14.3 Å². The molecule has 1 radical (unpaired) electrons. The van der Waals surface area contributed by atoms with E-state index in [1.54, 1.807) is 25.3 Å². The molecule has 0 saturated carbocycles. The van der Waals surface area contributed by atoms with Crippen molar-refractivity contribution in [3.05, 3.63) is 54.1 Å². The van der Waals surface area contributed by atoms with E-state index in [1.807, 2.05) is 30.3 Å². The molecule has 0 spiro atoms. The van der Waals surface area contributed by atoms with Crippen molar-refractivity contribution in [1.82, 2.24) is 0 Å². The van der Waals surface area contributed by atoms with E-state index in [9.17, 15) is 4.79 Å². The van der Waals surface area contributed by atoms with Gasteiger partial charge in [0.05, 0.1) is 18.5 Å². The summed E-state index contributed by atoms with van der Waals surface area (Å²) in [6, 6.07) is 14.5. The van der Waals surface area contributed by atoms with Crippen LogP contribution < -0.4 is 4.74 Å². The zero-order valence-corrected chi connectivity index (χ0v) is 10.9. The van der Waals surface area contributed by atoms with Gasteiger partial charge in [0, 0.05) is 5.56 Å². The first-order chi connectivity index (χ1) is 9.83. The molecule has 20 heavy (non-hydrogen) atoms. The van der Waals surface area contributed by atoms with Crippen LogP contribution in [0.1, 0.15) is 5.56 Å². The maximum Gasteiger partial charge on any atom is 0.417 e. The van der Waals surface area contributed by atoms with Crippen molar-refractivity contribution in [1.29, 1.82) is 0 Å². The molecule has 0 aliphatic rings. The van der Waals surface area contributed by atoms with Gasteiger partial charge in [0.25, 0.3) is 0 Å². The summed E-state index contributed by atoms with van der Waals surface area (Å²) in [6.45, 7) is 1.52. The van der Waals surface area contributed by atoms with Gasteiger partial charge in [-0.05, 0) is 30.3 Å². The quantitative estimate of drug-likeness (QED) is 0.751. The van der Waals surface area contributed by atoms with E-state index in [2.05, 4.69) is 15.0 Å². The van der Waals surface area contributed by atoms with Crippen LogP contribution in [-0.2, 0) is 16.1 Å². The fraction of sp³-hybridized carbons (Fsp3) is 0.133. The zero-order chi connectivity index (χ0) is 14.2. The Bertz CT molecular complexity index is 594. The topological polar surface area (TPSA) is 60.3 Å². The highest BCUT2D eigenvalue weighted by molar-refractivity contribution is 5.48. The molecule has 0 atom stereocenters. The van der Waals surface area contributed by atoms with Crippen LogP contribution in [0.5, 0.6) is 5.75 Å². The summed E-state index contributed by atoms with van der Waals surface area (Å²) >= 11 is 0.